The van der Waals surface area contributed by atoms with Crippen LogP contribution >= 0.6 is 23.6 Å². The highest BCUT2D eigenvalue weighted by Crippen LogP contribution is 2.51. The molecule has 0 aromatic carbocycles. The average Bonchev–Trinajstić information content (AvgIpc) is 2.56. The lowest BCUT2D eigenvalue weighted by Gasteiger charge is -2.40. The second kappa shape index (κ2) is 12.4. The summed E-state index contributed by atoms with van der Waals surface area (Å²) in [5.74, 6) is 0. The lowest BCUT2D eigenvalue weighted by Crippen LogP contribution is -2.44. The van der Waals surface area contributed by atoms with Gasteiger partial charge in [0.1, 0.15) is 6.23 Å². The molecule has 1 aliphatic rings. The molecule has 2 unspecified atom stereocenters. The standard InChI is InChI=1S/C18H34BrN2O3P/c1-5-12-20-25(22)21(13-11-19)18(10-15-24-25)23-14-9-17(4)8-6-7-16(2)3/h7,9,18H,5-6,8,10-15H2,1-4H3,(H,20,22)/b17-9+. The second-order valence-corrected chi connectivity index (χ2v) is 9.48. The Labute approximate surface area is 161 Å². The van der Waals surface area contributed by atoms with Crippen LogP contribution in [-0.4, -0.2) is 42.5 Å². The van der Waals surface area contributed by atoms with E-state index in [4.69, 9.17) is 9.26 Å². The van der Waals surface area contributed by atoms with Crippen LogP contribution in [0, 0.1) is 0 Å². The van der Waals surface area contributed by atoms with Gasteiger partial charge in [0.2, 0.25) is 0 Å². The van der Waals surface area contributed by atoms with Gasteiger partial charge in [-0.15, -0.1) is 0 Å². The number of hydrogen-bond donors (Lipinski definition) is 1. The molecule has 1 heterocycles. The minimum atomic E-state index is -3.01. The minimum absolute atomic E-state index is 0.177. The SMILES string of the molecule is CCCNP1(=O)OCCC(OC/C=C(\C)CCC=C(C)C)N1CCBr. The van der Waals surface area contributed by atoms with Crippen molar-refractivity contribution in [3.8, 4) is 0 Å². The number of nitrogens with zero attached hydrogens (tertiary/aromatic N) is 1. The number of nitrogens with one attached hydrogen (secondary N) is 1. The third kappa shape index (κ3) is 8.51. The number of hydrogen-bond acceptors (Lipinski definition) is 3. The summed E-state index contributed by atoms with van der Waals surface area (Å²) in [7, 11) is -3.01. The van der Waals surface area contributed by atoms with E-state index in [-0.39, 0.29) is 6.23 Å². The van der Waals surface area contributed by atoms with Crippen LogP contribution in [0.3, 0.4) is 0 Å². The van der Waals surface area contributed by atoms with Gasteiger partial charge < -0.3 is 9.26 Å². The Hall–Kier alpha value is 0.0300. The van der Waals surface area contributed by atoms with Crippen molar-refractivity contribution < 1.29 is 13.8 Å². The fourth-order valence-electron chi connectivity index (χ4n) is 2.58. The molecule has 0 aromatic heterocycles. The molecule has 1 fully saturated rings. The van der Waals surface area contributed by atoms with E-state index in [1.54, 1.807) is 0 Å². The van der Waals surface area contributed by atoms with Crippen molar-refractivity contribution in [1.29, 1.82) is 0 Å². The van der Waals surface area contributed by atoms with Gasteiger partial charge in [0, 0.05) is 24.8 Å². The van der Waals surface area contributed by atoms with Gasteiger partial charge in [-0.05, 0) is 40.0 Å². The van der Waals surface area contributed by atoms with Gasteiger partial charge in [0.25, 0.3) is 0 Å². The van der Waals surface area contributed by atoms with E-state index < -0.39 is 7.67 Å². The van der Waals surface area contributed by atoms with Crippen molar-refractivity contribution in [2.24, 2.45) is 0 Å². The molecule has 1 aliphatic heterocycles. The lowest BCUT2D eigenvalue weighted by atomic mass is 10.1. The van der Waals surface area contributed by atoms with Crippen molar-refractivity contribution in [2.45, 2.75) is 59.6 Å². The van der Waals surface area contributed by atoms with Gasteiger partial charge in [0.05, 0.1) is 13.2 Å². The predicted molar refractivity (Wildman–Crippen MR) is 109 cm³/mol. The highest BCUT2D eigenvalue weighted by molar-refractivity contribution is 9.09. The molecular formula is C18H34BrN2O3P. The maximum absolute atomic E-state index is 13.1. The molecule has 0 bridgehead atoms. The molecule has 7 heteroatoms. The predicted octanol–water partition coefficient (Wildman–Crippen LogP) is 5.25. The molecule has 0 spiro atoms. The van der Waals surface area contributed by atoms with Crippen molar-refractivity contribution in [3.05, 3.63) is 23.3 Å². The topological polar surface area (TPSA) is 50.8 Å². The largest absolute Gasteiger partial charge is 0.358 e. The van der Waals surface area contributed by atoms with E-state index in [0.29, 0.717) is 26.3 Å². The number of rotatable bonds is 11. The first-order chi connectivity index (χ1) is 11.9. The maximum atomic E-state index is 13.1. The third-order valence-electron chi connectivity index (χ3n) is 3.99. The van der Waals surface area contributed by atoms with Crippen LogP contribution in [0.5, 0.6) is 0 Å². The molecule has 0 amide bonds. The highest BCUT2D eigenvalue weighted by Gasteiger charge is 2.40. The summed E-state index contributed by atoms with van der Waals surface area (Å²) in [6.07, 6.45) is 7.96. The van der Waals surface area contributed by atoms with Crippen LogP contribution in [0.25, 0.3) is 0 Å². The van der Waals surface area contributed by atoms with Gasteiger partial charge in [-0.3, -0.25) is 4.57 Å². The van der Waals surface area contributed by atoms with E-state index in [2.05, 4.69) is 60.9 Å². The smallest absolute Gasteiger partial charge is 0.345 e. The van der Waals surface area contributed by atoms with Crippen LogP contribution in [-0.2, 0) is 13.8 Å². The molecule has 0 aromatic rings. The van der Waals surface area contributed by atoms with E-state index in [9.17, 15) is 4.57 Å². The zero-order chi connectivity index (χ0) is 18.7. The van der Waals surface area contributed by atoms with Gasteiger partial charge in [-0.2, -0.15) is 4.67 Å². The van der Waals surface area contributed by atoms with Crippen LogP contribution in [0.4, 0.5) is 0 Å². The van der Waals surface area contributed by atoms with Crippen molar-refractivity contribution >= 4 is 23.6 Å². The molecule has 2 atom stereocenters. The monoisotopic (exact) mass is 436 g/mol. The molecule has 0 aliphatic carbocycles. The fraction of sp³-hybridized carbons (Fsp3) is 0.778. The fourth-order valence-corrected chi connectivity index (χ4v) is 5.40. The van der Waals surface area contributed by atoms with E-state index in [0.717, 1.165) is 31.0 Å². The summed E-state index contributed by atoms with van der Waals surface area (Å²) in [6.45, 7) is 10.7. The molecule has 0 saturated carbocycles. The molecular weight excluding hydrogens is 403 g/mol. The number of alkyl halides is 1. The van der Waals surface area contributed by atoms with Gasteiger partial charge in [-0.25, -0.2) is 5.09 Å². The van der Waals surface area contributed by atoms with E-state index in [1.165, 1.54) is 11.1 Å². The molecule has 1 saturated heterocycles. The van der Waals surface area contributed by atoms with Crippen LogP contribution in [0.1, 0.15) is 53.4 Å². The maximum Gasteiger partial charge on any atom is 0.345 e. The quantitative estimate of drug-likeness (QED) is 0.272. The third-order valence-corrected chi connectivity index (χ3v) is 6.63. The Bertz CT molecular complexity index is 493. The Morgan fingerprint density at radius 2 is 2.16 bits per heavy atom. The highest BCUT2D eigenvalue weighted by atomic mass is 79.9. The first-order valence-corrected chi connectivity index (χ1v) is 11.9. The summed E-state index contributed by atoms with van der Waals surface area (Å²) in [5, 5.41) is 3.81. The van der Waals surface area contributed by atoms with E-state index >= 15 is 0 Å². The summed E-state index contributed by atoms with van der Waals surface area (Å²) in [6, 6.07) is 0. The summed E-state index contributed by atoms with van der Waals surface area (Å²) < 4.78 is 26.6. The Kier molecular flexibility index (Phi) is 11.5. The van der Waals surface area contributed by atoms with Crippen molar-refractivity contribution in [1.82, 2.24) is 9.76 Å². The molecule has 1 N–H and O–H groups in total. The van der Waals surface area contributed by atoms with Crippen LogP contribution in [0.15, 0.2) is 23.3 Å². The second-order valence-electron chi connectivity index (χ2n) is 6.56. The molecule has 5 nitrogen and oxygen atoms in total. The zero-order valence-electron chi connectivity index (χ0n) is 16.1. The first kappa shape index (κ1) is 23.1. The number of halogens is 1. The molecule has 146 valence electrons. The Morgan fingerprint density at radius 3 is 2.80 bits per heavy atom. The van der Waals surface area contributed by atoms with Crippen LogP contribution in [0.2, 0.25) is 0 Å². The lowest BCUT2D eigenvalue weighted by molar-refractivity contribution is -0.0422. The summed E-state index contributed by atoms with van der Waals surface area (Å²) >= 11 is 3.44. The summed E-state index contributed by atoms with van der Waals surface area (Å²) in [5.41, 5.74) is 2.68. The Morgan fingerprint density at radius 1 is 1.40 bits per heavy atom. The molecule has 1 rings (SSSR count). The van der Waals surface area contributed by atoms with Crippen LogP contribution < -0.4 is 5.09 Å². The average molecular weight is 437 g/mol. The first-order valence-electron chi connectivity index (χ1n) is 9.16. The van der Waals surface area contributed by atoms with Crippen molar-refractivity contribution in [2.75, 3.05) is 31.6 Å². The van der Waals surface area contributed by atoms with E-state index in [1.807, 2.05) is 4.67 Å². The number of allylic oxidation sites excluding steroid dienone is 3. The van der Waals surface area contributed by atoms with Crippen molar-refractivity contribution in [3.63, 3.8) is 0 Å². The Balaban J connectivity index is 2.59. The molecule has 0 radical (unpaired) electrons. The summed E-state index contributed by atoms with van der Waals surface area (Å²) in [4.78, 5) is 0. The minimum Gasteiger partial charge on any atom is -0.358 e. The van der Waals surface area contributed by atoms with Gasteiger partial charge >= 0.3 is 7.67 Å². The zero-order valence-corrected chi connectivity index (χ0v) is 18.6. The molecule has 25 heavy (non-hydrogen) atoms. The van der Waals surface area contributed by atoms with Gasteiger partial charge in [-0.1, -0.05) is 46.2 Å². The normalized spacial score (nSPS) is 25.2. The van der Waals surface area contributed by atoms with Gasteiger partial charge in [0.15, 0.2) is 0 Å². The number of ether oxygens (including phenoxy) is 1.